The van der Waals surface area contributed by atoms with Crippen molar-refractivity contribution in [2.75, 3.05) is 20.7 Å². The third-order valence-corrected chi connectivity index (χ3v) is 5.08. The normalized spacial score (nSPS) is 20.3. The van der Waals surface area contributed by atoms with Crippen molar-refractivity contribution in [1.82, 2.24) is 15.4 Å². The molecule has 7 heteroatoms. The maximum Gasteiger partial charge on any atom is 0.221 e. The fraction of sp³-hybridized carbons (Fsp3) is 0.474. The predicted molar refractivity (Wildman–Crippen MR) is 98.6 cm³/mol. The summed E-state index contributed by atoms with van der Waals surface area (Å²) in [5.74, 6) is 1.47. The van der Waals surface area contributed by atoms with Crippen LogP contribution in [0.15, 0.2) is 34.9 Å². The number of nitrogens with two attached hydrogens (primary N) is 1. The van der Waals surface area contributed by atoms with Crippen LogP contribution in [0.2, 0.25) is 0 Å². The molecule has 1 aliphatic heterocycles. The van der Waals surface area contributed by atoms with Crippen LogP contribution in [0.5, 0.6) is 5.75 Å². The summed E-state index contributed by atoms with van der Waals surface area (Å²) in [7, 11) is 3.67. The molecule has 0 bridgehead atoms. The van der Waals surface area contributed by atoms with Crippen LogP contribution < -0.4 is 15.8 Å². The number of rotatable bonds is 7. The van der Waals surface area contributed by atoms with Gasteiger partial charge in [0.05, 0.1) is 13.7 Å². The van der Waals surface area contributed by atoms with E-state index in [1.54, 1.807) is 7.11 Å². The topological polar surface area (TPSA) is 93.6 Å². The highest BCUT2D eigenvalue weighted by Crippen LogP contribution is 2.24. The fourth-order valence-electron chi connectivity index (χ4n) is 3.38. The molecule has 140 valence electrons. The summed E-state index contributed by atoms with van der Waals surface area (Å²) < 4.78 is 10.5. The second-order valence-electron chi connectivity index (χ2n) is 6.68. The molecular weight excluding hydrogens is 332 g/mol. The predicted octanol–water partition coefficient (Wildman–Crippen LogP) is 1.78. The largest absolute Gasteiger partial charge is 0.497 e. The highest BCUT2D eigenvalue weighted by atomic mass is 16.5. The number of hydrogen-bond acceptors (Lipinski definition) is 6. The second kappa shape index (κ2) is 8.33. The van der Waals surface area contributed by atoms with Crippen molar-refractivity contribution in [3.8, 4) is 17.1 Å². The Balaban J connectivity index is 1.50. The Kier molecular flexibility index (Phi) is 5.90. The Morgan fingerprint density at radius 3 is 2.73 bits per heavy atom. The molecule has 1 aromatic heterocycles. The number of methoxy groups -OCH3 is 1. The Hall–Kier alpha value is -2.38. The van der Waals surface area contributed by atoms with E-state index in [2.05, 4.69) is 15.4 Å². The lowest BCUT2D eigenvalue weighted by Crippen LogP contribution is -2.39. The number of likely N-dealkylation sites (tertiary alicyclic amines) is 1. The number of carbonyl (C=O) groups is 1. The van der Waals surface area contributed by atoms with Gasteiger partial charge in [-0.2, -0.15) is 0 Å². The first-order valence-corrected chi connectivity index (χ1v) is 8.89. The molecule has 26 heavy (non-hydrogen) atoms. The Bertz CT molecular complexity index is 729. The van der Waals surface area contributed by atoms with E-state index < -0.39 is 0 Å². The van der Waals surface area contributed by atoms with Crippen molar-refractivity contribution >= 4 is 5.91 Å². The lowest BCUT2D eigenvalue weighted by molar-refractivity contribution is -0.122. The molecule has 0 saturated carbocycles. The average molecular weight is 358 g/mol. The summed E-state index contributed by atoms with van der Waals surface area (Å²) in [5, 5.41) is 6.95. The van der Waals surface area contributed by atoms with Crippen molar-refractivity contribution < 1.29 is 14.1 Å². The molecule has 2 atom stereocenters. The first-order valence-electron chi connectivity index (χ1n) is 8.89. The number of ether oxygens (including phenoxy) is 1. The SMILES string of the molecule is COc1ccc(-c2cc(CNC(=O)C[C@@H]3CC[C@H](CN)N3C)no2)cc1. The Labute approximate surface area is 153 Å². The van der Waals surface area contributed by atoms with Crippen molar-refractivity contribution in [3.05, 3.63) is 36.0 Å². The third-order valence-electron chi connectivity index (χ3n) is 5.08. The molecule has 0 aliphatic carbocycles. The molecule has 1 aromatic carbocycles. The van der Waals surface area contributed by atoms with Gasteiger partial charge in [0.15, 0.2) is 5.76 Å². The fourth-order valence-corrected chi connectivity index (χ4v) is 3.38. The molecule has 0 unspecified atom stereocenters. The number of likely N-dealkylation sites (N-methyl/N-ethyl adjacent to an activating group) is 1. The van der Waals surface area contributed by atoms with Gasteiger partial charge >= 0.3 is 0 Å². The first kappa shape index (κ1) is 18.4. The standard InChI is InChI=1S/C19H26N4O3/c1-23-15(5-6-16(23)11-20)10-19(24)21-12-14-9-18(26-22-14)13-3-7-17(25-2)8-4-13/h3-4,7-9,15-16H,5-6,10-12,20H2,1-2H3,(H,21,24)/t15-,16+/m0/s1. The van der Waals surface area contributed by atoms with E-state index >= 15 is 0 Å². The maximum absolute atomic E-state index is 12.2. The summed E-state index contributed by atoms with van der Waals surface area (Å²) >= 11 is 0. The van der Waals surface area contributed by atoms with Gasteiger partial charge < -0.3 is 20.3 Å². The van der Waals surface area contributed by atoms with Crippen LogP contribution in [0, 0.1) is 0 Å². The van der Waals surface area contributed by atoms with E-state index in [4.69, 9.17) is 15.0 Å². The summed E-state index contributed by atoms with van der Waals surface area (Å²) in [6.07, 6.45) is 2.55. The molecule has 2 heterocycles. The molecule has 0 spiro atoms. The zero-order chi connectivity index (χ0) is 18.5. The van der Waals surface area contributed by atoms with Crippen molar-refractivity contribution in [3.63, 3.8) is 0 Å². The van der Waals surface area contributed by atoms with E-state index in [1.807, 2.05) is 37.4 Å². The zero-order valence-electron chi connectivity index (χ0n) is 15.3. The van der Waals surface area contributed by atoms with Gasteiger partial charge in [-0.25, -0.2) is 0 Å². The van der Waals surface area contributed by atoms with E-state index in [0.29, 0.717) is 37.0 Å². The molecule has 1 saturated heterocycles. The minimum atomic E-state index is 0.0218. The molecule has 7 nitrogen and oxygen atoms in total. The number of carbonyl (C=O) groups excluding carboxylic acids is 1. The number of nitrogens with zero attached hydrogens (tertiary/aromatic N) is 2. The number of nitrogens with one attached hydrogen (secondary N) is 1. The number of benzene rings is 1. The number of aromatic nitrogens is 1. The van der Waals surface area contributed by atoms with Gasteiger partial charge in [-0.3, -0.25) is 9.69 Å². The molecule has 1 aliphatic rings. The van der Waals surface area contributed by atoms with Gasteiger partial charge in [0.2, 0.25) is 5.91 Å². The minimum absolute atomic E-state index is 0.0218. The van der Waals surface area contributed by atoms with Crippen LogP contribution in [0.3, 0.4) is 0 Å². The highest BCUT2D eigenvalue weighted by molar-refractivity contribution is 5.76. The quantitative estimate of drug-likeness (QED) is 0.784. The van der Waals surface area contributed by atoms with Crippen LogP contribution in [0.25, 0.3) is 11.3 Å². The van der Waals surface area contributed by atoms with Gasteiger partial charge in [-0.1, -0.05) is 5.16 Å². The van der Waals surface area contributed by atoms with Crippen LogP contribution >= 0.6 is 0 Å². The van der Waals surface area contributed by atoms with Crippen molar-refractivity contribution in [1.29, 1.82) is 0 Å². The van der Waals surface area contributed by atoms with Gasteiger partial charge in [-0.05, 0) is 44.2 Å². The summed E-state index contributed by atoms with van der Waals surface area (Å²) in [4.78, 5) is 14.4. The van der Waals surface area contributed by atoms with Crippen molar-refractivity contribution in [2.24, 2.45) is 5.73 Å². The first-order chi connectivity index (χ1) is 12.6. The van der Waals surface area contributed by atoms with Crippen molar-refractivity contribution in [2.45, 2.75) is 37.9 Å². The Morgan fingerprint density at radius 2 is 2.08 bits per heavy atom. The van der Waals surface area contributed by atoms with Gasteiger partial charge in [0.25, 0.3) is 0 Å². The molecule has 1 fully saturated rings. The smallest absolute Gasteiger partial charge is 0.221 e. The molecule has 2 aromatic rings. The molecule has 0 radical (unpaired) electrons. The molecule has 3 rings (SSSR count). The monoisotopic (exact) mass is 358 g/mol. The summed E-state index contributed by atoms with van der Waals surface area (Å²) in [6, 6.07) is 10.0. The summed E-state index contributed by atoms with van der Waals surface area (Å²) in [5.41, 5.74) is 7.36. The van der Waals surface area contributed by atoms with Crippen LogP contribution in [-0.4, -0.2) is 48.7 Å². The number of hydrogen-bond donors (Lipinski definition) is 2. The van der Waals surface area contributed by atoms with Gasteiger partial charge in [0, 0.05) is 36.7 Å². The summed E-state index contributed by atoms with van der Waals surface area (Å²) in [6.45, 7) is 0.997. The average Bonchev–Trinajstić information content (AvgIpc) is 3.27. The van der Waals surface area contributed by atoms with E-state index in [1.165, 1.54) is 0 Å². The van der Waals surface area contributed by atoms with Gasteiger partial charge in [-0.15, -0.1) is 0 Å². The molecule has 1 amide bonds. The van der Waals surface area contributed by atoms with Gasteiger partial charge in [0.1, 0.15) is 11.4 Å². The van der Waals surface area contributed by atoms with Crippen LogP contribution in [0.4, 0.5) is 0 Å². The van der Waals surface area contributed by atoms with E-state index in [9.17, 15) is 4.79 Å². The minimum Gasteiger partial charge on any atom is -0.497 e. The third kappa shape index (κ3) is 4.23. The van der Waals surface area contributed by atoms with Crippen LogP contribution in [0.1, 0.15) is 25.0 Å². The molecular formula is C19H26N4O3. The Morgan fingerprint density at radius 1 is 1.35 bits per heavy atom. The zero-order valence-corrected chi connectivity index (χ0v) is 15.3. The molecule has 3 N–H and O–H groups in total. The maximum atomic E-state index is 12.2. The van der Waals surface area contributed by atoms with E-state index in [0.717, 1.165) is 24.2 Å². The lowest BCUT2D eigenvalue weighted by atomic mass is 10.1. The highest BCUT2D eigenvalue weighted by Gasteiger charge is 2.30. The van der Waals surface area contributed by atoms with Crippen LogP contribution in [-0.2, 0) is 11.3 Å². The van der Waals surface area contributed by atoms with E-state index in [-0.39, 0.29) is 11.9 Å². The second-order valence-corrected chi connectivity index (χ2v) is 6.68. The number of amides is 1. The lowest BCUT2D eigenvalue weighted by Gasteiger charge is -2.24.